The average Bonchev–Trinajstić information content (AvgIpc) is 3.28. The van der Waals surface area contributed by atoms with Crippen LogP contribution in [0.2, 0.25) is 0 Å². The summed E-state index contributed by atoms with van der Waals surface area (Å²) in [5.74, 6) is -1.84. The third-order valence-electron chi connectivity index (χ3n) is 7.03. The number of anilines is 1. The Morgan fingerprint density at radius 1 is 1.18 bits per heavy atom. The Kier molecular flexibility index (Phi) is 6.24. The number of fused-ring (bicyclic) bond motifs is 1. The van der Waals surface area contributed by atoms with Crippen LogP contribution in [-0.4, -0.2) is 97.1 Å². The number of ketones is 1. The number of rotatable bonds is 4. The predicted octanol–water partition coefficient (Wildman–Crippen LogP) is 0.207. The summed E-state index contributed by atoms with van der Waals surface area (Å²) in [6.45, 7) is 9.23. The van der Waals surface area contributed by atoms with Crippen molar-refractivity contribution < 1.29 is 24.2 Å². The molecular formula is C24H34N4O5. The Morgan fingerprint density at radius 3 is 2.45 bits per heavy atom. The van der Waals surface area contributed by atoms with E-state index < -0.39 is 35.5 Å². The Bertz CT molecular complexity index is 951. The molecule has 3 aliphatic heterocycles. The number of β-amino-alcohol motifs (C(OH)–C–C–N with tert-alkyl or cyclic N) is 1. The normalized spacial score (nSPS) is 27.1. The van der Waals surface area contributed by atoms with Crippen LogP contribution in [0.5, 0.6) is 0 Å². The number of likely N-dealkylation sites (N-methyl/N-ethyl adjacent to an activating group) is 1. The van der Waals surface area contributed by atoms with Crippen molar-refractivity contribution in [1.29, 1.82) is 0 Å². The molecule has 3 heterocycles. The van der Waals surface area contributed by atoms with Gasteiger partial charge in [0.2, 0.25) is 11.8 Å². The first kappa shape index (κ1) is 23.7. The van der Waals surface area contributed by atoms with E-state index in [1.165, 1.54) is 4.90 Å². The molecule has 33 heavy (non-hydrogen) atoms. The van der Waals surface area contributed by atoms with Crippen LogP contribution in [0, 0.1) is 5.41 Å². The van der Waals surface area contributed by atoms with Crippen LogP contribution < -0.4 is 10.6 Å². The van der Waals surface area contributed by atoms with E-state index in [0.29, 0.717) is 11.1 Å². The maximum atomic E-state index is 14.0. The molecule has 3 aliphatic rings. The van der Waals surface area contributed by atoms with Gasteiger partial charge in [0.15, 0.2) is 5.78 Å². The number of nitrogens with zero attached hydrogens (tertiary/aromatic N) is 3. The number of nitrogens with two attached hydrogens (primary N) is 1. The van der Waals surface area contributed by atoms with E-state index in [9.17, 15) is 19.5 Å². The van der Waals surface area contributed by atoms with Crippen molar-refractivity contribution in [3.63, 3.8) is 0 Å². The maximum Gasteiger partial charge on any atom is 0.249 e. The second-order valence-electron chi connectivity index (χ2n) is 10.5. The van der Waals surface area contributed by atoms with Crippen molar-refractivity contribution in [3.8, 4) is 0 Å². The van der Waals surface area contributed by atoms with Crippen LogP contribution in [0.25, 0.3) is 0 Å². The number of hydrogen-bond acceptors (Lipinski definition) is 7. The van der Waals surface area contributed by atoms with Crippen LogP contribution in [0.3, 0.4) is 0 Å². The van der Waals surface area contributed by atoms with Gasteiger partial charge >= 0.3 is 0 Å². The quantitative estimate of drug-likeness (QED) is 0.662. The molecule has 3 N–H and O–H groups in total. The number of likely N-dealkylation sites (tertiary alicyclic amines) is 1. The lowest BCUT2D eigenvalue weighted by molar-refractivity contribution is -0.140. The van der Waals surface area contributed by atoms with Gasteiger partial charge in [0.25, 0.3) is 0 Å². The zero-order chi connectivity index (χ0) is 24.1. The number of carbonyl (C=O) groups is 3. The van der Waals surface area contributed by atoms with Crippen molar-refractivity contribution in [3.05, 3.63) is 29.3 Å². The van der Waals surface area contributed by atoms with Gasteiger partial charge in [0.05, 0.1) is 12.5 Å². The summed E-state index contributed by atoms with van der Waals surface area (Å²) in [4.78, 5) is 44.7. The SMILES string of the molecule is CN1CCN(c2ccc(C(N)=O)c([C@@H](C(=O)N3C[C@H](O)[C@H]4OCC(=O)[C@H]43)C(C)(C)C)c2)CC1. The number of Topliss-reactive ketones (excluding diaryl/α,β-unsaturated/α-hetero) is 1. The van der Waals surface area contributed by atoms with Gasteiger partial charge in [0, 0.05) is 37.4 Å². The fourth-order valence-electron chi connectivity index (χ4n) is 5.27. The molecule has 0 aliphatic carbocycles. The fourth-order valence-corrected chi connectivity index (χ4v) is 5.27. The summed E-state index contributed by atoms with van der Waals surface area (Å²) in [6, 6.07) is 4.68. The summed E-state index contributed by atoms with van der Waals surface area (Å²) in [5.41, 5.74) is 6.94. The van der Waals surface area contributed by atoms with Crippen molar-refractivity contribution in [2.45, 2.75) is 44.9 Å². The molecule has 0 unspecified atom stereocenters. The number of primary amides is 1. The maximum absolute atomic E-state index is 14.0. The Balaban J connectivity index is 1.75. The predicted molar refractivity (Wildman–Crippen MR) is 123 cm³/mol. The van der Waals surface area contributed by atoms with E-state index in [0.717, 1.165) is 31.9 Å². The number of amides is 2. The van der Waals surface area contributed by atoms with Crippen LogP contribution in [0.4, 0.5) is 5.69 Å². The molecule has 2 amide bonds. The van der Waals surface area contributed by atoms with E-state index in [1.54, 1.807) is 6.07 Å². The van der Waals surface area contributed by atoms with Gasteiger partial charge in [-0.25, -0.2) is 0 Å². The Hall–Kier alpha value is -2.49. The van der Waals surface area contributed by atoms with Gasteiger partial charge in [-0.2, -0.15) is 0 Å². The van der Waals surface area contributed by atoms with Gasteiger partial charge in [-0.3, -0.25) is 14.4 Å². The molecular weight excluding hydrogens is 424 g/mol. The Morgan fingerprint density at radius 2 is 1.85 bits per heavy atom. The fraction of sp³-hybridized carbons (Fsp3) is 0.625. The molecule has 1 aromatic rings. The molecule has 3 saturated heterocycles. The summed E-state index contributed by atoms with van der Waals surface area (Å²) in [6.07, 6.45) is -1.62. The minimum Gasteiger partial charge on any atom is -0.388 e. The van der Waals surface area contributed by atoms with Gasteiger partial charge in [-0.05, 0) is 36.2 Å². The lowest BCUT2D eigenvalue weighted by atomic mass is 9.73. The van der Waals surface area contributed by atoms with Gasteiger partial charge in [-0.1, -0.05) is 20.8 Å². The Labute approximate surface area is 194 Å². The zero-order valence-electron chi connectivity index (χ0n) is 19.8. The van der Waals surface area contributed by atoms with Crippen LogP contribution >= 0.6 is 0 Å². The summed E-state index contributed by atoms with van der Waals surface area (Å²) < 4.78 is 5.44. The molecule has 0 bridgehead atoms. The molecule has 0 aromatic heterocycles. The van der Waals surface area contributed by atoms with Crippen LogP contribution in [0.1, 0.15) is 42.6 Å². The first-order valence-electron chi connectivity index (χ1n) is 11.5. The third-order valence-corrected chi connectivity index (χ3v) is 7.03. The van der Waals surface area contributed by atoms with Crippen molar-refractivity contribution >= 4 is 23.3 Å². The van der Waals surface area contributed by atoms with E-state index >= 15 is 0 Å². The molecule has 0 radical (unpaired) electrons. The smallest absolute Gasteiger partial charge is 0.249 e. The number of piperazine rings is 1. The number of ether oxygens (including phenoxy) is 1. The first-order chi connectivity index (χ1) is 15.5. The number of benzene rings is 1. The standard InChI is InChI=1S/C24H34N4O5/c1-24(2,3)19(23(32)28-12-17(29)21-20(28)18(30)13-33-21)16-11-14(5-6-15(16)22(25)31)27-9-7-26(4)8-10-27/h5-6,11,17,19-21,29H,7-10,12-13H2,1-4H3,(H2,25,31)/t17-,19-,20+,21+/m0/s1. The number of hydrogen-bond donors (Lipinski definition) is 2. The monoisotopic (exact) mass is 458 g/mol. The highest BCUT2D eigenvalue weighted by molar-refractivity contribution is 5.99. The topological polar surface area (TPSA) is 116 Å². The summed E-state index contributed by atoms with van der Waals surface area (Å²) in [5, 5.41) is 10.4. The highest BCUT2D eigenvalue weighted by Gasteiger charge is 2.54. The number of aliphatic hydroxyl groups excluding tert-OH is 1. The van der Waals surface area contributed by atoms with E-state index in [4.69, 9.17) is 10.5 Å². The molecule has 4 rings (SSSR count). The summed E-state index contributed by atoms with van der Waals surface area (Å²) in [7, 11) is 2.08. The van der Waals surface area contributed by atoms with Gasteiger partial charge in [0.1, 0.15) is 24.9 Å². The highest BCUT2D eigenvalue weighted by atomic mass is 16.5. The van der Waals surface area contributed by atoms with Crippen molar-refractivity contribution in [2.75, 3.05) is 51.3 Å². The molecule has 9 nitrogen and oxygen atoms in total. The third kappa shape index (κ3) is 4.37. The van der Waals surface area contributed by atoms with Crippen LogP contribution in [-0.2, 0) is 14.3 Å². The van der Waals surface area contributed by atoms with Crippen LogP contribution in [0.15, 0.2) is 18.2 Å². The molecule has 0 spiro atoms. The minimum atomic E-state index is -0.918. The zero-order valence-corrected chi connectivity index (χ0v) is 19.8. The molecule has 3 fully saturated rings. The molecule has 4 atom stereocenters. The molecule has 1 aromatic carbocycles. The van der Waals surface area contributed by atoms with Crippen molar-refractivity contribution in [2.24, 2.45) is 11.1 Å². The largest absolute Gasteiger partial charge is 0.388 e. The molecule has 9 heteroatoms. The van der Waals surface area contributed by atoms with E-state index in [1.807, 2.05) is 32.9 Å². The van der Waals surface area contributed by atoms with Gasteiger partial charge in [-0.15, -0.1) is 0 Å². The van der Waals surface area contributed by atoms with E-state index in [2.05, 4.69) is 16.8 Å². The summed E-state index contributed by atoms with van der Waals surface area (Å²) >= 11 is 0. The lowest BCUT2D eigenvalue weighted by Crippen LogP contribution is -2.47. The number of carbonyl (C=O) groups excluding carboxylic acids is 3. The first-order valence-corrected chi connectivity index (χ1v) is 11.5. The van der Waals surface area contributed by atoms with E-state index in [-0.39, 0.29) is 24.8 Å². The second-order valence-corrected chi connectivity index (χ2v) is 10.5. The molecule has 0 saturated carbocycles. The lowest BCUT2D eigenvalue weighted by Gasteiger charge is -2.37. The molecule has 180 valence electrons. The highest BCUT2D eigenvalue weighted by Crippen LogP contribution is 2.42. The number of aliphatic hydroxyl groups is 1. The van der Waals surface area contributed by atoms with Crippen molar-refractivity contribution in [1.82, 2.24) is 9.80 Å². The second kappa shape index (κ2) is 8.70. The van der Waals surface area contributed by atoms with Gasteiger partial charge < -0.3 is 30.3 Å². The average molecular weight is 459 g/mol. The minimum absolute atomic E-state index is 0.0243.